The van der Waals surface area contributed by atoms with Crippen molar-refractivity contribution in [2.24, 2.45) is 5.16 Å². The summed E-state index contributed by atoms with van der Waals surface area (Å²) in [5.74, 6) is -1.18. The number of methoxy groups -OCH3 is 1. The van der Waals surface area contributed by atoms with Gasteiger partial charge < -0.3 is 15.3 Å². The summed E-state index contributed by atoms with van der Waals surface area (Å²) in [5.41, 5.74) is 0. The van der Waals surface area contributed by atoms with Crippen molar-refractivity contribution in [3.05, 3.63) is 0 Å². The third-order valence-corrected chi connectivity index (χ3v) is 2.25. The van der Waals surface area contributed by atoms with Gasteiger partial charge in [0.05, 0.1) is 7.11 Å². The van der Waals surface area contributed by atoms with Crippen molar-refractivity contribution in [2.45, 2.75) is 5.25 Å². The molecule has 1 aliphatic rings. The summed E-state index contributed by atoms with van der Waals surface area (Å²) in [6, 6.07) is 0. The van der Waals surface area contributed by atoms with Gasteiger partial charge in [-0.05, 0) is 0 Å². The minimum Gasteiger partial charge on any atom is -0.468 e. The van der Waals surface area contributed by atoms with E-state index in [1.165, 1.54) is 7.11 Å². The summed E-state index contributed by atoms with van der Waals surface area (Å²) in [4.78, 5) is 21.8. The SMILES string of the molecule is COC(=O)C1S/C(=N\O)NC1=O. The molecular weight excluding hydrogens is 184 g/mol. The fraction of sp³-hybridized carbons (Fsp3) is 0.400. The topological polar surface area (TPSA) is 88.0 Å². The van der Waals surface area contributed by atoms with Gasteiger partial charge >= 0.3 is 5.97 Å². The number of carbonyl (C=O) groups excluding carboxylic acids is 2. The number of amides is 1. The van der Waals surface area contributed by atoms with Gasteiger partial charge in [0, 0.05) is 0 Å². The van der Waals surface area contributed by atoms with E-state index in [0.717, 1.165) is 11.8 Å². The van der Waals surface area contributed by atoms with Crippen molar-refractivity contribution in [1.82, 2.24) is 5.32 Å². The zero-order chi connectivity index (χ0) is 9.14. The first-order valence-electron chi connectivity index (χ1n) is 2.96. The minimum absolute atomic E-state index is 0.00963. The highest BCUT2D eigenvalue weighted by molar-refractivity contribution is 8.16. The van der Waals surface area contributed by atoms with Crippen molar-refractivity contribution in [3.8, 4) is 0 Å². The van der Waals surface area contributed by atoms with E-state index in [4.69, 9.17) is 5.21 Å². The molecule has 0 aromatic rings. The van der Waals surface area contributed by atoms with Crippen molar-refractivity contribution in [1.29, 1.82) is 0 Å². The van der Waals surface area contributed by atoms with E-state index in [0.29, 0.717) is 0 Å². The molecule has 0 saturated carbocycles. The van der Waals surface area contributed by atoms with Crippen LogP contribution in [0.25, 0.3) is 0 Å². The molecule has 0 aromatic carbocycles. The molecule has 1 amide bonds. The van der Waals surface area contributed by atoms with Gasteiger partial charge in [0.25, 0.3) is 5.91 Å². The highest BCUT2D eigenvalue weighted by atomic mass is 32.2. The number of amidine groups is 1. The highest BCUT2D eigenvalue weighted by Crippen LogP contribution is 2.19. The second-order valence-corrected chi connectivity index (χ2v) is 3.01. The van der Waals surface area contributed by atoms with Crippen molar-refractivity contribution >= 4 is 28.8 Å². The molecule has 1 heterocycles. The number of hydrogen-bond donors (Lipinski definition) is 2. The van der Waals surface area contributed by atoms with Crippen molar-refractivity contribution in [2.75, 3.05) is 7.11 Å². The van der Waals surface area contributed by atoms with E-state index in [1.54, 1.807) is 0 Å². The molecule has 1 rings (SSSR count). The summed E-state index contributed by atoms with van der Waals surface area (Å²) in [7, 11) is 1.18. The van der Waals surface area contributed by atoms with Crippen LogP contribution in [0.2, 0.25) is 0 Å². The number of rotatable bonds is 1. The van der Waals surface area contributed by atoms with E-state index < -0.39 is 17.1 Å². The predicted octanol–water partition coefficient (Wildman–Crippen LogP) is -0.864. The zero-order valence-electron chi connectivity index (χ0n) is 6.10. The first kappa shape index (κ1) is 8.85. The normalized spacial score (nSPS) is 25.6. The minimum atomic E-state index is -0.958. The molecule has 0 bridgehead atoms. The Morgan fingerprint density at radius 2 is 2.50 bits per heavy atom. The maximum Gasteiger partial charge on any atom is 0.328 e. The smallest absolute Gasteiger partial charge is 0.328 e. The molecule has 2 N–H and O–H groups in total. The molecule has 0 radical (unpaired) electrons. The van der Waals surface area contributed by atoms with Gasteiger partial charge in [0.15, 0.2) is 5.25 Å². The number of nitrogens with one attached hydrogen (secondary N) is 1. The Morgan fingerprint density at radius 3 is 2.92 bits per heavy atom. The van der Waals surface area contributed by atoms with Gasteiger partial charge in [-0.25, -0.2) is 0 Å². The summed E-state index contributed by atoms with van der Waals surface area (Å²) in [6.07, 6.45) is 0. The average molecular weight is 190 g/mol. The molecular formula is C5H6N2O4S. The van der Waals surface area contributed by atoms with E-state index in [-0.39, 0.29) is 5.17 Å². The van der Waals surface area contributed by atoms with Gasteiger partial charge in [-0.1, -0.05) is 16.9 Å². The van der Waals surface area contributed by atoms with Gasteiger partial charge in [0.2, 0.25) is 5.17 Å². The number of carbonyl (C=O) groups is 2. The second kappa shape index (κ2) is 3.44. The summed E-state index contributed by atoms with van der Waals surface area (Å²) >= 11 is 0.816. The molecule has 1 aliphatic heterocycles. The average Bonchev–Trinajstić information content (AvgIpc) is 2.45. The van der Waals surface area contributed by atoms with Crippen LogP contribution in [0, 0.1) is 0 Å². The van der Waals surface area contributed by atoms with Crippen LogP contribution in [-0.2, 0) is 14.3 Å². The quantitative estimate of drug-likeness (QED) is 0.243. The predicted molar refractivity (Wildman–Crippen MR) is 40.8 cm³/mol. The number of oxime groups is 1. The number of esters is 1. The Balaban J connectivity index is 2.70. The summed E-state index contributed by atoms with van der Waals surface area (Å²) < 4.78 is 4.34. The summed E-state index contributed by atoms with van der Waals surface area (Å²) in [6.45, 7) is 0. The first-order valence-corrected chi connectivity index (χ1v) is 3.84. The zero-order valence-corrected chi connectivity index (χ0v) is 6.92. The van der Waals surface area contributed by atoms with E-state index >= 15 is 0 Å². The maximum absolute atomic E-state index is 10.9. The number of thioether (sulfide) groups is 1. The lowest BCUT2D eigenvalue weighted by Gasteiger charge is -2.00. The van der Waals surface area contributed by atoms with Gasteiger partial charge in [-0.15, -0.1) is 0 Å². The van der Waals surface area contributed by atoms with Gasteiger partial charge in [-0.3, -0.25) is 9.59 Å². The van der Waals surface area contributed by atoms with Gasteiger partial charge in [0.1, 0.15) is 0 Å². The van der Waals surface area contributed by atoms with Crippen molar-refractivity contribution in [3.63, 3.8) is 0 Å². The lowest BCUT2D eigenvalue weighted by molar-refractivity contribution is -0.142. The Kier molecular flexibility index (Phi) is 2.54. The van der Waals surface area contributed by atoms with Crippen LogP contribution in [0.1, 0.15) is 0 Å². The van der Waals surface area contributed by atoms with Gasteiger partial charge in [-0.2, -0.15) is 0 Å². The van der Waals surface area contributed by atoms with Crippen LogP contribution >= 0.6 is 11.8 Å². The Morgan fingerprint density at radius 1 is 1.83 bits per heavy atom. The molecule has 1 unspecified atom stereocenters. The standard InChI is InChI=1S/C5H6N2O4S/c1-11-4(9)2-3(8)6-5(7-10)12-2/h2,10H,1H3,(H,6,7,8). The first-order chi connectivity index (χ1) is 5.69. The Hall–Kier alpha value is -1.24. The number of hydrogen-bond acceptors (Lipinski definition) is 6. The molecule has 12 heavy (non-hydrogen) atoms. The van der Waals surface area contributed by atoms with E-state index in [9.17, 15) is 9.59 Å². The fourth-order valence-corrected chi connectivity index (χ4v) is 1.46. The molecule has 1 atom stereocenters. The van der Waals surface area contributed by atoms with E-state index in [1.807, 2.05) is 0 Å². The lowest BCUT2D eigenvalue weighted by atomic mass is 10.4. The molecule has 7 heteroatoms. The molecule has 0 spiro atoms. The second-order valence-electron chi connectivity index (χ2n) is 1.92. The molecule has 0 aromatic heterocycles. The monoisotopic (exact) mass is 190 g/mol. The maximum atomic E-state index is 10.9. The fourth-order valence-electron chi connectivity index (χ4n) is 0.676. The Labute approximate surface area is 71.9 Å². The number of nitrogens with zero attached hydrogens (tertiary/aromatic N) is 1. The van der Waals surface area contributed by atoms with Crippen LogP contribution in [0.15, 0.2) is 5.16 Å². The lowest BCUT2D eigenvalue weighted by Crippen LogP contribution is -2.30. The summed E-state index contributed by atoms with van der Waals surface area (Å²) in [5, 5.41) is 12.2. The third kappa shape index (κ3) is 1.50. The van der Waals surface area contributed by atoms with E-state index in [2.05, 4.69) is 15.2 Å². The molecule has 0 aliphatic carbocycles. The van der Waals surface area contributed by atoms with Crippen LogP contribution in [0.4, 0.5) is 0 Å². The Bertz CT molecular complexity index is 252. The molecule has 1 fully saturated rings. The van der Waals surface area contributed by atoms with Crippen LogP contribution < -0.4 is 5.32 Å². The molecule has 6 nitrogen and oxygen atoms in total. The molecule has 66 valence electrons. The third-order valence-electron chi connectivity index (χ3n) is 1.20. The molecule has 1 saturated heterocycles. The van der Waals surface area contributed by atoms with Crippen LogP contribution in [-0.4, -0.2) is 34.6 Å². The van der Waals surface area contributed by atoms with Crippen molar-refractivity contribution < 1.29 is 19.5 Å². The van der Waals surface area contributed by atoms with Crippen LogP contribution in [0.5, 0.6) is 0 Å². The number of ether oxygens (including phenoxy) is 1. The van der Waals surface area contributed by atoms with Crippen LogP contribution in [0.3, 0.4) is 0 Å². The largest absolute Gasteiger partial charge is 0.468 e. The highest BCUT2D eigenvalue weighted by Gasteiger charge is 2.37.